The third kappa shape index (κ3) is 29.4. The first-order chi connectivity index (χ1) is 61.4. The van der Waals surface area contributed by atoms with Crippen LogP contribution in [0.1, 0.15) is 114 Å². The molecule has 0 aliphatic carbocycles. The molecule has 25 N–H and O–H groups in total. The molecule has 14 atom stereocenters. The minimum absolute atomic E-state index is 0.00273. The summed E-state index contributed by atoms with van der Waals surface area (Å²) >= 11 is 2.21. The molecule has 1 unspecified atom stereocenters. The van der Waals surface area contributed by atoms with E-state index in [1.165, 1.54) is 69.0 Å². The molecule has 2 saturated heterocycles. The summed E-state index contributed by atoms with van der Waals surface area (Å²) in [4.78, 5) is 241. The number of carbonyl (C=O) groups excluding carboxylic acids is 16. The third-order valence-corrected chi connectivity index (χ3v) is 24.3. The molecule has 0 bridgehead atoms. The number of likely N-dealkylation sites (tertiary alicyclic amines) is 2. The fourth-order valence-corrected chi connectivity index (χ4v) is 17.1. The number of guanidine groups is 1. The van der Waals surface area contributed by atoms with E-state index in [-0.39, 0.29) is 100 Å². The van der Waals surface area contributed by atoms with Crippen LogP contribution in [-0.2, 0) is 102 Å². The number of phenols is 1. The number of rotatable bonds is 49. The summed E-state index contributed by atoms with van der Waals surface area (Å²) in [6.45, 7) is 4.73. The molecule has 5 heterocycles. The number of hydrogen-bond donors (Lipinski definition) is 21. The number of phenolic OH excluding ortho intramolecular Hbond substituents is 1. The lowest BCUT2D eigenvalue weighted by Gasteiger charge is -2.35. The fourth-order valence-electron chi connectivity index (χ4n) is 15.3. The molecule has 0 spiro atoms. The van der Waals surface area contributed by atoms with E-state index < -0.39 is 211 Å². The highest BCUT2D eigenvalue weighted by Crippen LogP contribution is 2.29. The molecule has 700 valence electrons. The summed E-state index contributed by atoms with van der Waals surface area (Å²) in [5.74, 6) is -14.9. The van der Waals surface area contributed by atoms with E-state index in [4.69, 9.17) is 28.3 Å². The topological polar surface area (TPSA) is 652 Å². The number of amides is 16. The van der Waals surface area contributed by atoms with Crippen molar-refractivity contribution in [2.45, 2.75) is 202 Å². The summed E-state index contributed by atoms with van der Waals surface area (Å²) < 4.78 is 0.808. The van der Waals surface area contributed by atoms with Crippen LogP contribution in [0.2, 0.25) is 0 Å². The van der Waals surface area contributed by atoms with E-state index in [1.807, 2.05) is 13.0 Å². The van der Waals surface area contributed by atoms with Gasteiger partial charge < -0.3 is 126 Å². The van der Waals surface area contributed by atoms with Crippen LogP contribution in [0.25, 0.3) is 21.0 Å². The van der Waals surface area contributed by atoms with Crippen LogP contribution in [0.5, 0.6) is 5.75 Å². The van der Waals surface area contributed by atoms with E-state index in [2.05, 4.69) is 73.4 Å². The van der Waals surface area contributed by atoms with E-state index in [9.17, 15) is 68.1 Å². The average Bonchev–Trinajstić information content (AvgIpc) is 1.67. The molecule has 2 fully saturated rings. The number of aliphatic hydroxyl groups is 2. The monoisotopic (exact) mass is 1830 g/mol. The first kappa shape index (κ1) is 102. The predicted octanol–water partition coefficient (Wildman–Crippen LogP) is -3.64. The number of aromatic hydroxyl groups is 1. The Kier molecular flexibility index (Phi) is 38.5. The number of thiophene rings is 1. The number of β-amino-alcohol motifs (C(OH)–C–C–N with tert-alkyl or cyclic N) is 1. The van der Waals surface area contributed by atoms with Crippen molar-refractivity contribution >= 4 is 145 Å². The van der Waals surface area contributed by atoms with Crippen LogP contribution in [0.3, 0.4) is 0 Å². The maximum absolute atomic E-state index is 15.4. The number of aromatic amines is 2. The van der Waals surface area contributed by atoms with E-state index in [1.54, 1.807) is 80.0 Å². The molecule has 44 heteroatoms. The van der Waals surface area contributed by atoms with Gasteiger partial charge in [0.25, 0.3) is 0 Å². The van der Waals surface area contributed by atoms with Crippen molar-refractivity contribution < 1.29 is 92.0 Å². The number of aliphatic hydroxyl groups excluding tert-OH is 2. The van der Waals surface area contributed by atoms with Gasteiger partial charge in [0.1, 0.15) is 78.3 Å². The number of fused-ring (bicyclic) bond motifs is 2. The molecular formula is C85H119N23O19S2. The second-order valence-electron chi connectivity index (χ2n) is 32.4. The third-order valence-electron chi connectivity index (χ3n) is 22.2. The van der Waals surface area contributed by atoms with Gasteiger partial charge in [0.15, 0.2) is 5.96 Å². The quantitative estimate of drug-likeness (QED) is 0.00995. The molecule has 8 rings (SSSR count). The van der Waals surface area contributed by atoms with Gasteiger partial charge in [-0.1, -0.05) is 82.1 Å². The number of H-pyrrole nitrogens is 2. The molecule has 129 heavy (non-hydrogen) atoms. The van der Waals surface area contributed by atoms with Gasteiger partial charge in [-0.3, -0.25) is 82.1 Å². The first-order valence-corrected chi connectivity index (χ1v) is 44.5. The zero-order valence-electron chi connectivity index (χ0n) is 73.0. The second-order valence-corrected chi connectivity index (χ2v) is 34.4. The van der Waals surface area contributed by atoms with Crippen molar-refractivity contribution in [1.29, 1.82) is 5.41 Å². The number of primary amides is 2. The summed E-state index contributed by atoms with van der Waals surface area (Å²) in [5, 5.41) is 72.0. The van der Waals surface area contributed by atoms with Gasteiger partial charge in [-0.15, -0.1) is 23.1 Å². The number of thioether (sulfide) groups is 1. The minimum Gasteiger partial charge on any atom is -0.508 e. The Bertz CT molecular complexity index is 4960. The molecule has 3 aromatic carbocycles. The zero-order valence-corrected chi connectivity index (χ0v) is 74.6. The fraction of sp³-hybridized carbons (Fsp3) is 0.506. The Hall–Kier alpha value is -12.8. The Balaban J connectivity index is 1.000. The van der Waals surface area contributed by atoms with Crippen molar-refractivity contribution in [2.24, 2.45) is 28.9 Å². The lowest BCUT2D eigenvalue weighted by molar-refractivity contribution is -0.148. The molecule has 16 amide bonds. The van der Waals surface area contributed by atoms with Crippen LogP contribution in [0.4, 0.5) is 0 Å². The molecule has 0 radical (unpaired) electrons. The minimum atomic E-state index is -1.87. The highest BCUT2D eigenvalue weighted by atomic mass is 32.2. The number of likely N-dealkylation sites (N-methyl/N-ethyl adjacent to an activating group) is 3. The van der Waals surface area contributed by atoms with Gasteiger partial charge in [0.2, 0.25) is 94.5 Å². The van der Waals surface area contributed by atoms with Crippen LogP contribution < -0.4 is 81.4 Å². The maximum atomic E-state index is 15.4. The van der Waals surface area contributed by atoms with E-state index in [0.717, 1.165) is 31.2 Å². The van der Waals surface area contributed by atoms with Crippen molar-refractivity contribution in [2.75, 3.05) is 65.4 Å². The van der Waals surface area contributed by atoms with Crippen LogP contribution >= 0.6 is 23.1 Å². The SMILES string of the molecule is CCCC[C@@H](C(=O)N[C@@H](CCCNC(=N)N)C(=O)NC(CSCC(=O)N[C@@H](Cc1ccc(O)cc1)C(=O)NC)C(=O)NCC(N)=O)N(C)C(=O)[C@H](C)N(C)C(=O)[C@H](Cc1csc2ccccc12)NC(=O)[C@H](CO)NC(=O)[C@H](Cc1c[nH]c2ccccc12)NC(=O)[C@@H]1C[C@@H](O)CN1C(=O)[C@H](CC(C)C)NC(=O)[C@H](Cc1cnc[nH]1)NC(=O)[C@@H]1CCCN1C(=O)[C@@H](N)CC(N)=O. The second kappa shape index (κ2) is 48.9. The first-order valence-electron chi connectivity index (χ1n) is 42.5. The molecule has 42 nitrogen and oxygen atoms in total. The van der Waals surface area contributed by atoms with Crippen molar-refractivity contribution in [3.05, 3.63) is 119 Å². The molecular weight excluding hydrogens is 1710 g/mol. The number of aromatic nitrogens is 3. The van der Waals surface area contributed by atoms with Gasteiger partial charge in [-0.2, -0.15) is 0 Å². The van der Waals surface area contributed by atoms with Crippen LogP contribution in [-0.4, -0.2) is 300 Å². The van der Waals surface area contributed by atoms with E-state index in [0.29, 0.717) is 57.9 Å². The number of nitrogens with one attached hydrogen (secondary N) is 14. The number of carbonyl (C=O) groups is 16. The Morgan fingerprint density at radius 1 is 0.636 bits per heavy atom. The largest absolute Gasteiger partial charge is 0.508 e. The van der Waals surface area contributed by atoms with Gasteiger partial charge in [-0.25, -0.2) is 4.98 Å². The Morgan fingerprint density at radius 3 is 1.91 bits per heavy atom. The molecule has 2 aliphatic rings. The van der Waals surface area contributed by atoms with Crippen molar-refractivity contribution in [3.63, 3.8) is 0 Å². The molecule has 0 saturated carbocycles. The Labute approximate surface area is 752 Å². The molecule has 2 aliphatic heterocycles. The number of unbranched alkanes of at least 4 members (excludes halogenated alkanes) is 1. The highest BCUT2D eigenvalue weighted by Gasteiger charge is 2.46. The predicted molar refractivity (Wildman–Crippen MR) is 477 cm³/mol. The normalized spacial score (nSPS) is 16.8. The number of nitrogens with two attached hydrogens (primary N) is 4. The number of hydrogen-bond acceptors (Lipinski definition) is 24. The number of imidazole rings is 1. The molecule has 3 aromatic heterocycles. The number of benzene rings is 3. The summed E-state index contributed by atoms with van der Waals surface area (Å²) in [6.07, 6.45) is 2.87. The summed E-state index contributed by atoms with van der Waals surface area (Å²) in [7, 11) is 3.99. The summed E-state index contributed by atoms with van der Waals surface area (Å²) in [6, 6.07) is 1.58. The highest BCUT2D eigenvalue weighted by molar-refractivity contribution is 8.00. The standard InChI is InChI=1S/C85H119N23O19S2/c1-8-9-20-65(78(121)98-57(19-14-27-93-85(89)90)74(117)104-64(73(116)95-38-70(88)113)42-128-43-71(114)97-58(72(115)91-5)30-47-23-25-51(110)26-24-47)106(7)81(124)46(4)105(6)83(126)62(32-49-41-129-68-22-13-11-17-54(49)68)102-77(120)63(40-109)103-75(118)59(31-48-36-94-56-18-12-10-16-53(48)56)99-80(123)67-34-52(111)39-108(67)84(127)61(29-45(2)3)101-76(119)60(33-50-37-92-44-96-50)100-79(122)66-21-15-28-107(66)82(125)55(86)35-69(87)112/h10-13,16-18,22-26,36-37,41,44-46,52,55,57-67,94,109-111H,8-9,14-15,19-21,27-35,38-40,42-43,86H2,1-7H3,(H2,87,112)(H2,88,113)(H,91,115)(H,92,96)(H,95,116)(H,97,114)(H,98,121)(H,99,123)(H,100,122)(H,101,119)(H,102,120)(H,103,118)(H,104,117)(H4,89,90,93)/t46-,52+,55-,57-,58-,59-,60-,61-,62-,63-,64?,65-,66-,67-/m0/s1. The lowest BCUT2D eigenvalue weighted by atomic mass is 10.0. The van der Waals surface area contributed by atoms with Gasteiger partial charge in [-0.05, 0) is 103 Å². The smallest absolute Gasteiger partial charge is 0.245 e. The van der Waals surface area contributed by atoms with E-state index >= 15 is 24.0 Å². The van der Waals surface area contributed by atoms with Gasteiger partial charge in [0, 0.05) is 112 Å². The average molecular weight is 1830 g/mol. The van der Waals surface area contributed by atoms with Crippen molar-refractivity contribution in [3.8, 4) is 5.75 Å². The number of para-hydroxylation sites is 1. The van der Waals surface area contributed by atoms with Crippen LogP contribution in [0, 0.1) is 11.3 Å². The molecule has 6 aromatic rings. The zero-order chi connectivity index (χ0) is 94.5. The summed E-state index contributed by atoms with van der Waals surface area (Å²) in [5.41, 5.74) is 24.9. The van der Waals surface area contributed by atoms with Crippen LogP contribution in [0.15, 0.2) is 96.9 Å². The maximum Gasteiger partial charge on any atom is 0.245 e. The number of nitrogens with zero attached hydrogens (tertiary/aromatic N) is 5. The van der Waals surface area contributed by atoms with Crippen molar-refractivity contribution in [1.82, 2.24) is 93.0 Å². The van der Waals surface area contributed by atoms with Gasteiger partial charge in [0.05, 0.1) is 43.8 Å². The lowest BCUT2D eigenvalue weighted by Crippen LogP contribution is -2.61. The van der Waals surface area contributed by atoms with Gasteiger partial charge >= 0.3 is 0 Å². The Morgan fingerprint density at radius 2 is 1.26 bits per heavy atom.